The molecule has 0 aromatic heterocycles. The van der Waals surface area contributed by atoms with Gasteiger partial charge in [-0.25, -0.2) is 8.78 Å². The fourth-order valence-electron chi connectivity index (χ4n) is 2.60. The van der Waals surface area contributed by atoms with E-state index in [0.29, 0.717) is 24.6 Å². The lowest BCUT2D eigenvalue weighted by molar-refractivity contribution is -0.121. The van der Waals surface area contributed by atoms with Crippen molar-refractivity contribution in [1.29, 1.82) is 0 Å². The fraction of sp³-hybridized carbons (Fsp3) is 0.562. The van der Waals surface area contributed by atoms with Crippen molar-refractivity contribution >= 4 is 11.6 Å². The molecule has 1 aromatic carbocycles. The molecule has 2 rings (SSSR count). The maximum atomic E-state index is 13.2. The summed E-state index contributed by atoms with van der Waals surface area (Å²) in [5, 5.41) is 2.95. The van der Waals surface area contributed by atoms with Crippen molar-refractivity contribution in [2.45, 2.75) is 32.6 Å². The van der Waals surface area contributed by atoms with E-state index >= 15 is 0 Å². The summed E-state index contributed by atoms with van der Waals surface area (Å²) in [6.45, 7) is 4.28. The Balaban J connectivity index is 1.80. The first-order chi connectivity index (χ1) is 10.1. The third-order valence-electron chi connectivity index (χ3n) is 3.90. The van der Waals surface area contributed by atoms with Gasteiger partial charge in [0.25, 0.3) is 0 Å². The van der Waals surface area contributed by atoms with Gasteiger partial charge in [0, 0.05) is 37.8 Å². The Labute approximate surface area is 124 Å². The number of amides is 1. The molecule has 1 N–H and O–H groups in total. The molecule has 0 bridgehead atoms. The minimum Gasteiger partial charge on any atom is -0.371 e. The zero-order chi connectivity index (χ0) is 15.2. The van der Waals surface area contributed by atoms with Crippen molar-refractivity contribution in [3.05, 3.63) is 29.8 Å². The minimum atomic E-state index is -0.822. The zero-order valence-electron chi connectivity index (χ0n) is 12.4. The number of carbonyl (C=O) groups excluding carboxylic acids is 1. The summed E-state index contributed by atoms with van der Waals surface area (Å²) in [5.74, 6) is -1.17. The van der Waals surface area contributed by atoms with Crippen LogP contribution < -0.4 is 10.2 Å². The highest BCUT2D eigenvalue weighted by atomic mass is 19.2. The Morgan fingerprint density at radius 3 is 2.90 bits per heavy atom. The molecule has 0 aliphatic carbocycles. The lowest BCUT2D eigenvalue weighted by Crippen LogP contribution is -2.30. The van der Waals surface area contributed by atoms with E-state index in [0.717, 1.165) is 38.4 Å². The summed E-state index contributed by atoms with van der Waals surface area (Å²) in [5.41, 5.74) is 0.703. The van der Waals surface area contributed by atoms with Gasteiger partial charge in [0.05, 0.1) is 0 Å². The Bertz CT molecular complexity index is 493. The summed E-state index contributed by atoms with van der Waals surface area (Å²) in [6.07, 6.45) is 3.46. The molecular formula is C16H22F2N2O. The van der Waals surface area contributed by atoms with Crippen LogP contribution in [0.3, 0.4) is 0 Å². The first-order valence-electron chi connectivity index (χ1n) is 7.57. The summed E-state index contributed by atoms with van der Waals surface area (Å²) in [7, 11) is 0. The molecule has 0 radical (unpaired) electrons. The summed E-state index contributed by atoms with van der Waals surface area (Å²) >= 11 is 0. The second-order valence-corrected chi connectivity index (χ2v) is 5.61. The lowest BCUT2D eigenvalue weighted by Gasteiger charge is -2.19. The van der Waals surface area contributed by atoms with Crippen LogP contribution in [0.2, 0.25) is 0 Å². The maximum Gasteiger partial charge on any atom is 0.220 e. The molecule has 5 heteroatoms. The molecule has 1 unspecified atom stereocenters. The monoisotopic (exact) mass is 296 g/mol. The van der Waals surface area contributed by atoms with Gasteiger partial charge in [-0.05, 0) is 30.9 Å². The number of rotatable bonds is 6. The van der Waals surface area contributed by atoms with Gasteiger partial charge in [-0.15, -0.1) is 0 Å². The second-order valence-electron chi connectivity index (χ2n) is 5.61. The standard InChI is InChI=1S/C16H22F2N2O/c1-2-3-4-16(21)19-10-12-7-8-20(11-12)13-5-6-14(17)15(18)9-13/h5-6,9,12H,2-4,7-8,10-11H2,1H3,(H,19,21). The third-order valence-corrected chi connectivity index (χ3v) is 3.90. The average molecular weight is 296 g/mol. The molecule has 0 saturated carbocycles. The number of hydrogen-bond acceptors (Lipinski definition) is 2. The van der Waals surface area contributed by atoms with E-state index in [1.807, 2.05) is 4.90 Å². The molecule has 1 fully saturated rings. The van der Waals surface area contributed by atoms with Gasteiger partial charge in [0.2, 0.25) is 5.91 Å². The Morgan fingerprint density at radius 2 is 2.19 bits per heavy atom. The van der Waals surface area contributed by atoms with E-state index in [1.54, 1.807) is 6.07 Å². The van der Waals surface area contributed by atoms with Crippen molar-refractivity contribution in [2.24, 2.45) is 5.92 Å². The van der Waals surface area contributed by atoms with Crippen LogP contribution in [-0.4, -0.2) is 25.5 Å². The zero-order valence-corrected chi connectivity index (χ0v) is 12.4. The number of carbonyl (C=O) groups is 1. The fourth-order valence-corrected chi connectivity index (χ4v) is 2.60. The highest BCUT2D eigenvalue weighted by Crippen LogP contribution is 2.24. The number of nitrogens with zero attached hydrogens (tertiary/aromatic N) is 1. The average Bonchev–Trinajstić information content (AvgIpc) is 2.94. The minimum absolute atomic E-state index is 0.100. The van der Waals surface area contributed by atoms with E-state index in [-0.39, 0.29) is 5.91 Å². The molecule has 1 heterocycles. The van der Waals surface area contributed by atoms with Crippen LogP contribution in [0.25, 0.3) is 0 Å². The highest BCUT2D eigenvalue weighted by Gasteiger charge is 2.23. The SMILES string of the molecule is CCCCC(=O)NCC1CCN(c2ccc(F)c(F)c2)C1. The quantitative estimate of drug-likeness (QED) is 0.875. The number of unbranched alkanes of at least 4 members (excludes halogenated alkanes) is 1. The van der Waals surface area contributed by atoms with Crippen molar-refractivity contribution in [3.8, 4) is 0 Å². The largest absolute Gasteiger partial charge is 0.371 e. The Kier molecular flexibility index (Phi) is 5.53. The van der Waals surface area contributed by atoms with Crippen LogP contribution in [0.1, 0.15) is 32.6 Å². The maximum absolute atomic E-state index is 13.2. The first kappa shape index (κ1) is 15.7. The van der Waals surface area contributed by atoms with Crippen LogP contribution in [0.5, 0.6) is 0 Å². The summed E-state index contributed by atoms with van der Waals surface area (Å²) < 4.78 is 26.2. The molecule has 0 spiro atoms. The van der Waals surface area contributed by atoms with Gasteiger partial charge in [0.15, 0.2) is 11.6 Å². The van der Waals surface area contributed by atoms with Gasteiger partial charge in [-0.1, -0.05) is 13.3 Å². The molecule has 1 aliphatic rings. The molecule has 1 aliphatic heterocycles. The summed E-state index contributed by atoms with van der Waals surface area (Å²) in [4.78, 5) is 13.6. The molecule has 1 atom stereocenters. The molecule has 3 nitrogen and oxygen atoms in total. The second kappa shape index (κ2) is 7.38. The van der Waals surface area contributed by atoms with E-state index in [4.69, 9.17) is 0 Å². The Hall–Kier alpha value is -1.65. The van der Waals surface area contributed by atoms with Gasteiger partial charge < -0.3 is 10.2 Å². The Morgan fingerprint density at radius 1 is 1.38 bits per heavy atom. The number of anilines is 1. The van der Waals surface area contributed by atoms with E-state index < -0.39 is 11.6 Å². The lowest BCUT2D eigenvalue weighted by atomic mass is 10.1. The van der Waals surface area contributed by atoms with Crippen LogP contribution in [0.15, 0.2) is 18.2 Å². The number of halogens is 2. The van der Waals surface area contributed by atoms with Crippen LogP contribution in [-0.2, 0) is 4.79 Å². The van der Waals surface area contributed by atoms with Crippen molar-refractivity contribution < 1.29 is 13.6 Å². The highest BCUT2D eigenvalue weighted by molar-refractivity contribution is 5.75. The van der Waals surface area contributed by atoms with E-state index in [2.05, 4.69) is 12.2 Å². The smallest absolute Gasteiger partial charge is 0.220 e. The van der Waals surface area contributed by atoms with Gasteiger partial charge in [-0.3, -0.25) is 4.79 Å². The van der Waals surface area contributed by atoms with Crippen molar-refractivity contribution in [1.82, 2.24) is 5.32 Å². The van der Waals surface area contributed by atoms with Gasteiger partial charge >= 0.3 is 0 Å². The molecule has 21 heavy (non-hydrogen) atoms. The first-order valence-corrected chi connectivity index (χ1v) is 7.57. The van der Waals surface area contributed by atoms with Crippen LogP contribution >= 0.6 is 0 Å². The van der Waals surface area contributed by atoms with E-state index in [9.17, 15) is 13.6 Å². The molecule has 1 saturated heterocycles. The molecule has 1 amide bonds. The van der Waals surface area contributed by atoms with Gasteiger partial charge in [-0.2, -0.15) is 0 Å². The normalized spacial score (nSPS) is 18.0. The molecule has 1 aromatic rings. The number of nitrogens with one attached hydrogen (secondary N) is 1. The number of hydrogen-bond donors (Lipinski definition) is 1. The predicted molar refractivity (Wildman–Crippen MR) is 79.2 cm³/mol. The molecule has 116 valence electrons. The van der Waals surface area contributed by atoms with E-state index in [1.165, 1.54) is 6.07 Å². The van der Waals surface area contributed by atoms with Crippen LogP contribution in [0.4, 0.5) is 14.5 Å². The molecular weight excluding hydrogens is 274 g/mol. The van der Waals surface area contributed by atoms with Crippen LogP contribution in [0, 0.1) is 17.6 Å². The predicted octanol–water partition coefficient (Wildman–Crippen LogP) is 3.10. The van der Waals surface area contributed by atoms with Crippen molar-refractivity contribution in [2.75, 3.05) is 24.5 Å². The number of benzene rings is 1. The topological polar surface area (TPSA) is 32.3 Å². The summed E-state index contributed by atoms with van der Waals surface area (Å²) in [6, 6.07) is 3.99. The van der Waals surface area contributed by atoms with Gasteiger partial charge in [0.1, 0.15) is 0 Å². The van der Waals surface area contributed by atoms with Crippen molar-refractivity contribution in [3.63, 3.8) is 0 Å². The third kappa shape index (κ3) is 4.41.